The van der Waals surface area contributed by atoms with Crippen LogP contribution < -0.4 is 5.73 Å². The zero-order valence-electron chi connectivity index (χ0n) is 11.4. The molecule has 3 unspecified atom stereocenters. The third kappa shape index (κ3) is 3.34. The minimum atomic E-state index is -0.152. The van der Waals surface area contributed by atoms with Crippen molar-refractivity contribution in [3.8, 4) is 0 Å². The van der Waals surface area contributed by atoms with Crippen LogP contribution >= 0.6 is 0 Å². The standard InChI is InChI=1S/C14H23NO3/c1-9-4-5-13(17-9)14(8-15)18-12-6-10(2)16-11(3)7-12/h4-5,10-12,14H,6-8,15H2,1-3H3. The largest absolute Gasteiger partial charge is 0.464 e. The molecule has 0 spiro atoms. The average molecular weight is 253 g/mol. The predicted octanol–water partition coefficient (Wildman–Crippen LogP) is 2.56. The molecular formula is C14H23NO3. The molecule has 1 fully saturated rings. The van der Waals surface area contributed by atoms with Crippen molar-refractivity contribution in [2.24, 2.45) is 5.73 Å². The number of nitrogens with two attached hydrogens (primary N) is 1. The lowest BCUT2D eigenvalue weighted by Gasteiger charge is -2.33. The van der Waals surface area contributed by atoms with Crippen molar-refractivity contribution in [1.82, 2.24) is 0 Å². The zero-order chi connectivity index (χ0) is 13.1. The van der Waals surface area contributed by atoms with Crippen LogP contribution in [-0.2, 0) is 9.47 Å². The summed E-state index contributed by atoms with van der Waals surface area (Å²) in [6.07, 6.45) is 2.37. The van der Waals surface area contributed by atoms with E-state index in [0.29, 0.717) is 6.54 Å². The maximum atomic E-state index is 6.08. The monoisotopic (exact) mass is 253 g/mol. The van der Waals surface area contributed by atoms with Gasteiger partial charge < -0.3 is 19.6 Å². The molecule has 4 heteroatoms. The Kier molecular flexibility index (Phi) is 4.43. The Morgan fingerprint density at radius 1 is 1.33 bits per heavy atom. The second kappa shape index (κ2) is 5.87. The summed E-state index contributed by atoms with van der Waals surface area (Å²) in [5.41, 5.74) is 5.78. The fourth-order valence-electron chi connectivity index (χ4n) is 2.55. The van der Waals surface area contributed by atoms with E-state index in [1.807, 2.05) is 19.1 Å². The molecule has 2 heterocycles. The summed E-state index contributed by atoms with van der Waals surface area (Å²) >= 11 is 0. The molecule has 2 rings (SSSR count). The molecule has 0 radical (unpaired) electrons. The highest BCUT2D eigenvalue weighted by molar-refractivity contribution is 5.08. The number of rotatable bonds is 4. The molecule has 1 aromatic heterocycles. The fraction of sp³-hybridized carbons (Fsp3) is 0.714. The second-order valence-electron chi connectivity index (χ2n) is 5.16. The van der Waals surface area contributed by atoms with Gasteiger partial charge in [0.1, 0.15) is 17.6 Å². The van der Waals surface area contributed by atoms with Gasteiger partial charge in [0.25, 0.3) is 0 Å². The van der Waals surface area contributed by atoms with Gasteiger partial charge in [-0.15, -0.1) is 0 Å². The topological polar surface area (TPSA) is 57.6 Å². The number of aryl methyl sites for hydroxylation is 1. The average Bonchev–Trinajstić information content (AvgIpc) is 2.71. The highest BCUT2D eigenvalue weighted by Crippen LogP contribution is 2.27. The van der Waals surface area contributed by atoms with E-state index in [1.54, 1.807) is 0 Å². The van der Waals surface area contributed by atoms with Gasteiger partial charge in [0.05, 0.1) is 18.3 Å². The van der Waals surface area contributed by atoms with Crippen LogP contribution in [0.25, 0.3) is 0 Å². The first kappa shape index (κ1) is 13.6. The van der Waals surface area contributed by atoms with Crippen LogP contribution in [0.15, 0.2) is 16.5 Å². The van der Waals surface area contributed by atoms with E-state index in [0.717, 1.165) is 24.4 Å². The molecule has 3 atom stereocenters. The molecule has 0 bridgehead atoms. The molecule has 1 aliphatic heterocycles. The first-order valence-corrected chi connectivity index (χ1v) is 6.65. The van der Waals surface area contributed by atoms with Crippen molar-refractivity contribution in [3.05, 3.63) is 23.7 Å². The molecule has 102 valence electrons. The van der Waals surface area contributed by atoms with E-state index in [2.05, 4.69) is 13.8 Å². The summed E-state index contributed by atoms with van der Waals surface area (Å²) in [6, 6.07) is 3.88. The highest BCUT2D eigenvalue weighted by atomic mass is 16.5. The Morgan fingerprint density at radius 2 is 2.00 bits per heavy atom. The van der Waals surface area contributed by atoms with Gasteiger partial charge in [-0.25, -0.2) is 0 Å². The minimum Gasteiger partial charge on any atom is -0.464 e. The normalized spacial score (nSPS) is 30.3. The third-order valence-electron chi connectivity index (χ3n) is 3.30. The first-order valence-electron chi connectivity index (χ1n) is 6.65. The number of ether oxygens (including phenoxy) is 2. The summed E-state index contributed by atoms with van der Waals surface area (Å²) < 4.78 is 17.4. The van der Waals surface area contributed by atoms with Crippen molar-refractivity contribution in [2.75, 3.05) is 6.54 Å². The Morgan fingerprint density at radius 3 is 2.50 bits per heavy atom. The summed E-state index contributed by atoms with van der Waals surface area (Å²) in [6.45, 7) is 6.53. The number of hydrogen-bond donors (Lipinski definition) is 1. The van der Waals surface area contributed by atoms with Crippen LogP contribution in [0.2, 0.25) is 0 Å². The molecule has 1 saturated heterocycles. The van der Waals surface area contributed by atoms with Crippen LogP contribution in [-0.4, -0.2) is 24.9 Å². The molecule has 18 heavy (non-hydrogen) atoms. The molecule has 4 nitrogen and oxygen atoms in total. The molecule has 1 aromatic rings. The van der Waals surface area contributed by atoms with Crippen LogP contribution in [0, 0.1) is 6.92 Å². The smallest absolute Gasteiger partial charge is 0.134 e. The van der Waals surface area contributed by atoms with Crippen molar-refractivity contribution in [3.63, 3.8) is 0 Å². The Bertz CT molecular complexity index is 367. The summed E-state index contributed by atoms with van der Waals surface area (Å²) in [4.78, 5) is 0. The van der Waals surface area contributed by atoms with Gasteiger partial charge >= 0.3 is 0 Å². The quantitative estimate of drug-likeness (QED) is 0.896. The Labute approximate surface area is 108 Å². The van der Waals surface area contributed by atoms with Gasteiger partial charge in [-0.2, -0.15) is 0 Å². The number of hydrogen-bond acceptors (Lipinski definition) is 4. The maximum Gasteiger partial charge on any atom is 0.134 e. The van der Waals surface area contributed by atoms with Crippen molar-refractivity contribution < 1.29 is 13.9 Å². The van der Waals surface area contributed by atoms with Crippen molar-refractivity contribution in [2.45, 2.75) is 58.0 Å². The molecule has 0 saturated carbocycles. The van der Waals surface area contributed by atoms with Crippen LogP contribution in [0.5, 0.6) is 0 Å². The predicted molar refractivity (Wildman–Crippen MR) is 69.4 cm³/mol. The van der Waals surface area contributed by atoms with Crippen LogP contribution in [0.1, 0.15) is 44.3 Å². The lowest BCUT2D eigenvalue weighted by molar-refractivity contribution is -0.124. The molecule has 1 aliphatic rings. The zero-order valence-corrected chi connectivity index (χ0v) is 11.4. The first-order chi connectivity index (χ1) is 8.58. The van der Waals surface area contributed by atoms with Gasteiger partial charge in [0, 0.05) is 6.54 Å². The van der Waals surface area contributed by atoms with E-state index in [9.17, 15) is 0 Å². The highest BCUT2D eigenvalue weighted by Gasteiger charge is 2.28. The van der Waals surface area contributed by atoms with Crippen LogP contribution in [0.4, 0.5) is 0 Å². The molecule has 0 amide bonds. The Hall–Kier alpha value is -0.840. The molecule has 0 aromatic carbocycles. The molecule has 2 N–H and O–H groups in total. The minimum absolute atomic E-state index is 0.152. The van der Waals surface area contributed by atoms with Gasteiger partial charge in [-0.1, -0.05) is 0 Å². The van der Waals surface area contributed by atoms with Crippen molar-refractivity contribution >= 4 is 0 Å². The van der Waals surface area contributed by atoms with Gasteiger partial charge in [-0.3, -0.25) is 0 Å². The maximum absolute atomic E-state index is 6.08. The van der Waals surface area contributed by atoms with Gasteiger partial charge in [-0.05, 0) is 45.7 Å². The molecular weight excluding hydrogens is 230 g/mol. The molecule has 0 aliphatic carbocycles. The van der Waals surface area contributed by atoms with E-state index in [-0.39, 0.29) is 24.4 Å². The van der Waals surface area contributed by atoms with E-state index in [1.165, 1.54) is 0 Å². The summed E-state index contributed by atoms with van der Waals surface area (Å²) in [7, 11) is 0. The lowest BCUT2D eigenvalue weighted by atomic mass is 10.0. The second-order valence-corrected chi connectivity index (χ2v) is 5.16. The third-order valence-corrected chi connectivity index (χ3v) is 3.30. The van der Waals surface area contributed by atoms with E-state index in [4.69, 9.17) is 19.6 Å². The Balaban J connectivity index is 1.97. The summed E-state index contributed by atoms with van der Waals surface area (Å²) in [5.74, 6) is 1.71. The SMILES string of the molecule is Cc1ccc(C(CN)OC2CC(C)OC(C)C2)o1. The van der Waals surface area contributed by atoms with E-state index >= 15 is 0 Å². The fourth-order valence-corrected chi connectivity index (χ4v) is 2.55. The van der Waals surface area contributed by atoms with Gasteiger partial charge in [0.2, 0.25) is 0 Å². The number of furan rings is 1. The van der Waals surface area contributed by atoms with E-state index < -0.39 is 0 Å². The van der Waals surface area contributed by atoms with Gasteiger partial charge in [0.15, 0.2) is 0 Å². The van der Waals surface area contributed by atoms with Crippen LogP contribution in [0.3, 0.4) is 0 Å². The van der Waals surface area contributed by atoms with Crippen molar-refractivity contribution in [1.29, 1.82) is 0 Å². The lowest BCUT2D eigenvalue weighted by Crippen LogP contribution is -2.35. The summed E-state index contributed by atoms with van der Waals surface area (Å²) in [5, 5.41) is 0.